The molecule has 0 bridgehead atoms. The maximum atomic E-state index is 11.8. The van der Waals surface area contributed by atoms with Crippen LogP contribution in [-0.4, -0.2) is 23.3 Å². The van der Waals surface area contributed by atoms with Gasteiger partial charge < -0.3 is 9.47 Å². The summed E-state index contributed by atoms with van der Waals surface area (Å²) in [5, 5.41) is 4.12. The van der Waals surface area contributed by atoms with Crippen LogP contribution in [0.2, 0.25) is 0 Å². The number of rotatable bonds is 7. The third-order valence-corrected chi connectivity index (χ3v) is 4.20. The number of aromatic nitrogens is 2. The Morgan fingerprint density at radius 2 is 1.93 bits per heavy atom. The molecule has 1 heterocycles. The van der Waals surface area contributed by atoms with Crippen LogP contribution in [0.3, 0.4) is 0 Å². The molecule has 3 aromatic rings. The van der Waals surface area contributed by atoms with E-state index in [0.717, 1.165) is 11.1 Å². The number of hydrogen-bond acceptors (Lipinski definition) is 6. The second-order valence-corrected chi connectivity index (χ2v) is 6.18. The number of benzene rings is 2. The van der Waals surface area contributed by atoms with Crippen LogP contribution >= 0.6 is 0 Å². The SMILES string of the molecule is COc1cc(/C=N\Nc2nc(C)c(C)c(=O)[nH]2)ccc1OCc1ccccc1. The maximum Gasteiger partial charge on any atom is 0.255 e. The van der Waals surface area contributed by atoms with Gasteiger partial charge in [-0.1, -0.05) is 30.3 Å². The Balaban J connectivity index is 1.67. The van der Waals surface area contributed by atoms with Gasteiger partial charge in [-0.3, -0.25) is 9.78 Å². The zero-order valence-corrected chi connectivity index (χ0v) is 16.0. The van der Waals surface area contributed by atoms with E-state index in [-0.39, 0.29) is 5.56 Å². The van der Waals surface area contributed by atoms with E-state index in [1.807, 2.05) is 48.5 Å². The van der Waals surface area contributed by atoms with E-state index in [1.165, 1.54) is 0 Å². The molecule has 3 rings (SSSR count). The molecule has 2 aromatic carbocycles. The number of nitrogens with zero attached hydrogens (tertiary/aromatic N) is 2. The van der Waals surface area contributed by atoms with Crippen molar-refractivity contribution in [3.8, 4) is 11.5 Å². The number of hydrogen-bond donors (Lipinski definition) is 2. The molecule has 0 aliphatic carbocycles. The van der Waals surface area contributed by atoms with Crippen LogP contribution in [0, 0.1) is 13.8 Å². The molecule has 28 heavy (non-hydrogen) atoms. The molecule has 0 radical (unpaired) electrons. The van der Waals surface area contributed by atoms with Crippen molar-refractivity contribution in [2.45, 2.75) is 20.5 Å². The van der Waals surface area contributed by atoms with Crippen molar-refractivity contribution in [3.63, 3.8) is 0 Å². The molecule has 0 aliphatic rings. The van der Waals surface area contributed by atoms with Crippen LogP contribution in [0.15, 0.2) is 58.4 Å². The summed E-state index contributed by atoms with van der Waals surface area (Å²) in [6.07, 6.45) is 1.61. The smallest absolute Gasteiger partial charge is 0.255 e. The van der Waals surface area contributed by atoms with Crippen molar-refractivity contribution < 1.29 is 9.47 Å². The van der Waals surface area contributed by atoms with Crippen molar-refractivity contribution >= 4 is 12.2 Å². The van der Waals surface area contributed by atoms with Crippen molar-refractivity contribution in [1.29, 1.82) is 0 Å². The lowest BCUT2D eigenvalue weighted by Gasteiger charge is -2.11. The average Bonchev–Trinajstić information content (AvgIpc) is 2.71. The molecule has 2 N–H and O–H groups in total. The Labute approximate surface area is 163 Å². The quantitative estimate of drug-likeness (QED) is 0.486. The first-order valence-electron chi connectivity index (χ1n) is 8.78. The summed E-state index contributed by atoms with van der Waals surface area (Å²) in [4.78, 5) is 18.6. The van der Waals surface area contributed by atoms with Gasteiger partial charge in [-0.2, -0.15) is 5.10 Å². The van der Waals surface area contributed by atoms with Gasteiger partial charge >= 0.3 is 0 Å². The number of anilines is 1. The number of aromatic amines is 1. The topological polar surface area (TPSA) is 88.6 Å². The summed E-state index contributed by atoms with van der Waals surface area (Å²) >= 11 is 0. The van der Waals surface area contributed by atoms with Crippen LogP contribution in [0.4, 0.5) is 5.95 Å². The third-order valence-electron chi connectivity index (χ3n) is 4.20. The van der Waals surface area contributed by atoms with E-state index in [4.69, 9.17) is 9.47 Å². The first-order valence-corrected chi connectivity index (χ1v) is 8.78. The van der Waals surface area contributed by atoms with E-state index >= 15 is 0 Å². The van der Waals surface area contributed by atoms with E-state index in [2.05, 4.69) is 20.5 Å². The van der Waals surface area contributed by atoms with Crippen LogP contribution < -0.4 is 20.5 Å². The molecule has 0 spiro atoms. The van der Waals surface area contributed by atoms with Gasteiger partial charge in [0, 0.05) is 11.3 Å². The lowest BCUT2D eigenvalue weighted by atomic mass is 10.2. The van der Waals surface area contributed by atoms with Crippen LogP contribution in [0.25, 0.3) is 0 Å². The fraction of sp³-hybridized carbons (Fsp3) is 0.190. The predicted molar refractivity (Wildman–Crippen MR) is 109 cm³/mol. The lowest BCUT2D eigenvalue weighted by molar-refractivity contribution is 0.284. The largest absolute Gasteiger partial charge is 0.493 e. The number of aryl methyl sites for hydroxylation is 1. The first kappa shape index (κ1) is 19.2. The highest BCUT2D eigenvalue weighted by Gasteiger charge is 2.06. The highest BCUT2D eigenvalue weighted by atomic mass is 16.5. The number of methoxy groups -OCH3 is 1. The van der Waals surface area contributed by atoms with Gasteiger partial charge in [-0.15, -0.1) is 0 Å². The zero-order valence-electron chi connectivity index (χ0n) is 16.0. The minimum Gasteiger partial charge on any atom is -0.493 e. The van der Waals surface area contributed by atoms with Gasteiger partial charge in [-0.05, 0) is 43.2 Å². The van der Waals surface area contributed by atoms with Crippen LogP contribution in [-0.2, 0) is 6.61 Å². The van der Waals surface area contributed by atoms with Gasteiger partial charge in [0.05, 0.1) is 13.3 Å². The monoisotopic (exact) mass is 378 g/mol. The van der Waals surface area contributed by atoms with Crippen LogP contribution in [0.5, 0.6) is 11.5 Å². The normalized spacial score (nSPS) is 10.8. The number of nitrogens with one attached hydrogen (secondary N) is 2. The highest BCUT2D eigenvalue weighted by Crippen LogP contribution is 2.28. The molecule has 0 saturated heterocycles. The summed E-state index contributed by atoms with van der Waals surface area (Å²) in [6, 6.07) is 15.4. The van der Waals surface area contributed by atoms with Gasteiger partial charge in [0.15, 0.2) is 11.5 Å². The lowest BCUT2D eigenvalue weighted by Crippen LogP contribution is -2.15. The molecule has 0 aliphatic heterocycles. The van der Waals surface area contributed by atoms with Crippen molar-refractivity contribution in [2.75, 3.05) is 12.5 Å². The predicted octanol–water partition coefficient (Wildman–Crippen LogP) is 3.42. The molecule has 0 saturated carbocycles. The summed E-state index contributed by atoms with van der Waals surface area (Å²) in [7, 11) is 1.59. The van der Waals surface area contributed by atoms with Gasteiger partial charge in [0.1, 0.15) is 6.61 Å². The van der Waals surface area contributed by atoms with E-state index in [1.54, 1.807) is 27.2 Å². The average molecular weight is 378 g/mol. The molecule has 7 nitrogen and oxygen atoms in total. The molecule has 0 unspecified atom stereocenters. The van der Waals surface area contributed by atoms with E-state index < -0.39 is 0 Å². The minimum atomic E-state index is -0.188. The number of hydrazone groups is 1. The molecule has 0 amide bonds. The van der Waals surface area contributed by atoms with Crippen LogP contribution in [0.1, 0.15) is 22.4 Å². The first-order chi connectivity index (χ1) is 13.6. The van der Waals surface area contributed by atoms with E-state index in [0.29, 0.717) is 35.3 Å². The Bertz CT molecular complexity index is 1030. The van der Waals surface area contributed by atoms with Crippen molar-refractivity contribution in [3.05, 3.63) is 81.3 Å². The molecule has 0 atom stereocenters. The summed E-state index contributed by atoms with van der Waals surface area (Å²) in [5.74, 6) is 1.55. The molecule has 7 heteroatoms. The second-order valence-electron chi connectivity index (χ2n) is 6.18. The molecule has 0 fully saturated rings. The second kappa shape index (κ2) is 8.85. The minimum absolute atomic E-state index is 0.188. The fourth-order valence-corrected chi connectivity index (χ4v) is 2.49. The molecular formula is C21H22N4O3. The van der Waals surface area contributed by atoms with Crippen molar-refractivity contribution in [1.82, 2.24) is 9.97 Å². The standard InChI is InChI=1S/C21H22N4O3/c1-14-15(2)23-21(24-20(14)26)25-22-12-17-9-10-18(19(11-17)27-3)28-13-16-7-5-4-6-8-16/h4-12H,13H2,1-3H3,(H2,23,24,25,26)/b22-12-. The third kappa shape index (κ3) is 4.76. The summed E-state index contributed by atoms with van der Waals surface area (Å²) in [5.41, 5.74) is 5.67. The molecule has 144 valence electrons. The van der Waals surface area contributed by atoms with Gasteiger partial charge in [0.2, 0.25) is 5.95 Å². The maximum absolute atomic E-state index is 11.8. The zero-order chi connectivity index (χ0) is 19.9. The number of ether oxygens (including phenoxy) is 2. The Morgan fingerprint density at radius 1 is 1.14 bits per heavy atom. The molecule has 1 aromatic heterocycles. The summed E-state index contributed by atoms with van der Waals surface area (Å²) < 4.78 is 11.3. The fourth-order valence-electron chi connectivity index (χ4n) is 2.49. The van der Waals surface area contributed by atoms with E-state index in [9.17, 15) is 4.79 Å². The number of H-pyrrole nitrogens is 1. The molecular weight excluding hydrogens is 356 g/mol. The van der Waals surface area contributed by atoms with Gasteiger partial charge in [0.25, 0.3) is 5.56 Å². The Morgan fingerprint density at radius 3 is 2.64 bits per heavy atom. The van der Waals surface area contributed by atoms with Crippen molar-refractivity contribution in [2.24, 2.45) is 5.10 Å². The van der Waals surface area contributed by atoms with Gasteiger partial charge in [-0.25, -0.2) is 10.4 Å². The Hall–Kier alpha value is -3.61. The Kier molecular flexibility index (Phi) is 6.06. The summed E-state index contributed by atoms with van der Waals surface area (Å²) in [6.45, 7) is 3.96. The highest BCUT2D eigenvalue weighted by molar-refractivity contribution is 5.81.